The van der Waals surface area contributed by atoms with E-state index >= 15 is 0 Å². The van der Waals surface area contributed by atoms with Crippen molar-refractivity contribution in [1.29, 1.82) is 0 Å². The number of benzene rings is 3. The third kappa shape index (κ3) is 6.58. The second-order valence-corrected chi connectivity index (χ2v) is 10.8. The lowest BCUT2D eigenvalue weighted by Gasteiger charge is -2.27. The molecule has 0 aliphatic heterocycles. The van der Waals surface area contributed by atoms with Gasteiger partial charge < -0.3 is 10.1 Å². The van der Waals surface area contributed by atoms with Gasteiger partial charge in [-0.2, -0.15) is 0 Å². The number of rotatable bonds is 11. The van der Waals surface area contributed by atoms with Gasteiger partial charge in [0.2, 0.25) is 5.91 Å². The molecule has 3 rings (SSSR count). The first-order valence-electron chi connectivity index (χ1n) is 11.5. The Morgan fingerprint density at radius 1 is 1.00 bits per heavy atom. The molecule has 0 saturated carbocycles. The van der Waals surface area contributed by atoms with Crippen molar-refractivity contribution in [3.63, 3.8) is 0 Å². The van der Waals surface area contributed by atoms with Crippen LogP contribution in [0.4, 0.5) is 5.69 Å². The molecular weight excluding hydrogens is 480 g/mol. The highest BCUT2D eigenvalue weighted by Crippen LogP contribution is 2.33. The van der Waals surface area contributed by atoms with E-state index in [9.17, 15) is 13.2 Å². The van der Waals surface area contributed by atoms with Crippen LogP contribution in [0.5, 0.6) is 5.75 Å². The molecule has 8 heteroatoms. The highest BCUT2D eigenvalue weighted by Gasteiger charge is 2.30. The predicted molar refractivity (Wildman–Crippen MR) is 143 cm³/mol. The van der Waals surface area contributed by atoms with Gasteiger partial charge in [0.05, 0.1) is 23.2 Å². The Kier molecular flexibility index (Phi) is 9.23. The van der Waals surface area contributed by atoms with Gasteiger partial charge in [-0.1, -0.05) is 48.9 Å². The first-order chi connectivity index (χ1) is 16.8. The van der Waals surface area contributed by atoms with Crippen LogP contribution < -0.4 is 14.4 Å². The third-order valence-electron chi connectivity index (χ3n) is 5.59. The summed E-state index contributed by atoms with van der Waals surface area (Å²) in [6.07, 6.45) is 2.60. The Balaban J connectivity index is 1.96. The molecule has 0 bridgehead atoms. The number of amides is 1. The van der Waals surface area contributed by atoms with Crippen molar-refractivity contribution < 1.29 is 17.9 Å². The molecule has 3 aromatic carbocycles. The topological polar surface area (TPSA) is 75.7 Å². The summed E-state index contributed by atoms with van der Waals surface area (Å²) in [5.41, 5.74) is 2.43. The summed E-state index contributed by atoms with van der Waals surface area (Å²) in [4.78, 5) is 14.3. The monoisotopic (exact) mass is 512 g/mol. The van der Waals surface area contributed by atoms with Gasteiger partial charge in [0, 0.05) is 4.90 Å². The lowest BCUT2D eigenvalue weighted by Crippen LogP contribution is -2.42. The van der Waals surface area contributed by atoms with Crippen molar-refractivity contribution in [1.82, 2.24) is 5.32 Å². The smallest absolute Gasteiger partial charge is 0.264 e. The number of hydrogen-bond donors (Lipinski definition) is 1. The minimum Gasteiger partial charge on any atom is -0.492 e. The van der Waals surface area contributed by atoms with E-state index in [4.69, 9.17) is 4.74 Å². The molecule has 1 amide bonds. The van der Waals surface area contributed by atoms with Crippen molar-refractivity contribution in [2.45, 2.75) is 43.0 Å². The number of aryl methyl sites for hydroxylation is 1. The molecule has 186 valence electrons. The lowest BCUT2D eigenvalue weighted by atomic mass is 10.0. The van der Waals surface area contributed by atoms with E-state index < -0.39 is 15.9 Å². The molecule has 0 unspecified atom stereocenters. The molecule has 0 fully saturated rings. The maximum Gasteiger partial charge on any atom is 0.264 e. The number of carbonyl (C=O) groups is 1. The summed E-state index contributed by atoms with van der Waals surface area (Å²) in [5, 5.41) is 3.01. The molecule has 1 N–H and O–H groups in total. The van der Waals surface area contributed by atoms with Crippen LogP contribution in [0.2, 0.25) is 0 Å². The first kappa shape index (κ1) is 26.6. The minimum absolute atomic E-state index is 0.111. The maximum atomic E-state index is 13.8. The van der Waals surface area contributed by atoms with Gasteiger partial charge in [0.15, 0.2) is 0 Å². The number of sulfonamides is 1. The van der Waals surface area contributed by atoms with Gasteiger partial charge in [0.1, 0.15) is 12.3 Å². The van der Waals surface area contributed by atoms with Gasteiger partial charge in [-0.15, -0.1) is 11.8 Å². The second-order valence-electron chi connectivity index (χ2n) is 8.03. The van der Waals surface area contributed by atoms with E-state index in [-0.39, 0.29) is 17.5 Å². The molecule has 3 aromatic rings. The van der Waals surface area contributed by atoms with E-state index in [2.05, 4.69) is 5.32 Å². The fourth-order valence-corrected chi connectivity index (χ4v) is 5.55. The van der Waals surface area contributed by atoms with Gasteiger partial charge in [-0.3, -0.25) is 9.10 Å². The fraction of sp³-hybridized carbons (Fsp3) is 0.296. The zero-order chi connectivity index (χ0) is 25.4. The number of nitrogens with one attached hydrogen (secondary N) is 1. The van der Waals surface area contributed by atoms with Crippen molar-refractivity contribution in [3.05, 3.63) is 83.9 Å². The van der Waals surface area contributed by atoms with Crippen LogP contribution in [0.25, 0.3) is 0 Å². The number of ether oxygens (including phenoxy) is 1. The summed E-state index contributed by atoms with van der Waals surface area (Å²) in [5.74, 6) is 0.00530. The van der Waals surface area contributed by atoms with Crippen LogP contribution in [0.1, 0.15) is 37.4 Å². The van der Waals surface area contributed by atoms with Crippen molar-refractivity contribution in [3.8, 4) is 5.75 Å². The zero-order valence-electron chi connectivity index (χ0n) is 20.5. The maximum absolute atomic E-state index is 13.8. The van der Waals surface area contributed by atoms with Crippen molar-refractivity contribution in [2.75, 3.05) is 23.7 Å². The molecule has 6 nitrogen and oxygen atoms in total. The standard InChI is InChI=1S/C27H32N2O4S2/c1-5-24(21-13-11-20(3)12-14-21)28-27(30)19-29(25-9-7-8-10-26(25)33-6-2)35(31,32)23-17-15-22(34-4)16-18-23/h7-18,24H,5-6,19H2,1-4H3,(H,28,30)/t24-/m0/s1. The van der Waals surface area contributed by atoms with Crippen LogP contribution in [0.15, 0.2) is 82.6 Å². The highest BCUT2D eigenvalue weighted by atomic mass is 32.2. The second kappa shape index (κ2) is 12.1. The largest absolute Gasteiger partial charge is 0.492 e. The molecule has 0 radical (unpaired) electrons. The number of thioether (sulfide) groups is 1. The van der Waals surface area contributed by atoms with Crippen molar-refractivity contribution >= 4 is 33.4 Å². The molecule has 0 aliphatic carbocycles. The normalized spacial score (nSPS) is 12.1. The molecule has 0 heterocycles. The molecule has 1 atom stereocenters. The SMILES string of the molecule is CCOc1ccccc1N(CC(=O)N[C@@H](CC)c1ccc(C)cc1)S(=O)(=O)c1ccc(SC)cc1. The average molecular weight is 513 g/mol. The Morgan fingerprint density at radius 3 is 2.26 bits per heavy atom. The highest BCUT2D eigenvalue weighted by molar-refractivity contribution is 7.98. The van der Waals surface area contributed by atoms with Gasteiger partial charge in [-0.05, 0) is 68.5 Å². The van der Waals surface area contributed by atoms with E-state index in [1.54, 1.807) is 48.5 Å². The summed E-state index contributed by atoms with van der Waals surface area (Å²) >= 11 is 1.53. The van der Waals surface area contributed by atoms with Crippen molar-refractivity contribution in [2.24, 2.45) is 0 Å². The molecule has 0 aromatic heterocycles. The number of anilines is 1. The first-order valence-corrected chi connectivity index (χ1v) is 14.2. The number of carbonyl (C=O) groups excluding carboxylic acids is 1. The third-order valence-corrected chi connectivity index (χ3v) is 8.11. The van der Waals surface area contributed by atoms with Gasteiger partial charge in [-0.25, -0.2) is 8.42 Å². The van der Waals surface area contributed by atoms with E-state index in [0.29, 0.717) is 24.5 Å². The summed E-state index contributed by atoms with van der Waals surface area (Å²) < 4.78 is 34.4. The summed E-state index contributed by atoms with van der Waals surface area (Å²) in [6.45, 7) is 5.81. The molecule has 0 aliphatic rings. The van der Waals surface area contributed by atoms with E-state index in [1.807, 2.05) is 51.3 Å². The van der Waals surface area contributed by atoms with Gasteiger partial charge in [0.25, 0.3) is 10.0 Å². The van der Waals surface area contributed by atoms with Gasteiger partial charge >= 0.3 is 0 Å². The van der Waals surface area contributed by atoms with Crippen LogP contribution in [0.3, 0.4) is 0 Å². The molecule has 35 heavy (non-hydrogen) atoms. The van der Waals surface area contributed by atoms with Crippen LogP contribution >= 0.6 is 11.8 Å². The molecule has 0 spiro atoms. The zero-order valence-corrected chi connectivity index (χ0v) is 22.2. The summed E-state index contributed by atoms with van der Waals surface area (Å²) in [7, 11) is -4.04. The van der Waals surface area contributed by atoms with Crippen LogP contribution in [-0.2, 0) is 14.8 Å². The predicted octanol–water partition coefficient (Wildman–Crippen LogP) is 5.58. The fourth-order valence-electron chi connectivity index (χ4n) is 3.71. The number of para-hydroxylation sites is 2. The summed E-state index contributed by atoms with van der Waals surface area (Å²) in [6, 6.07) is 21.3. The van der Waals surface area contributed by atoms with E-state index in [1.165, 1.54) is 11.8 Å². The lowest BCUT2D eigenvalue weighted by molar-refractivity contribution is -0.120. The van der Waals surface area contributed by atoms with Crippen LogP contribution in [-0.4, -0.2) is 33.7 Å². The Bertz CT molecular complexity index is 1230. The Hall–Kier alpha value is -2.97. The quantitative estimate of drug-likeness (QED) is 0.340. The molecular formula is C27H32N2O4S2. The number of hydrogen-bond acceptors (Lipinski definition) is 5. The molecule has 0 saturated heterocycles. The van der Waals surface area contributed by atoms with Crippen LogP contribution in [0, 0.1) is 6.92 Å². The Labute approximate surface area is 212 Å². The average Bonchev–Trinajstić information content (AvgIpc) is 2.87. The number of nitrogens with zero attached hydrogens (tertiary/aromatic N) is 1. The minimum atomic E-state index is -4.04. The van der Waals surface area contributed by atoms with E-state index in [0.717, 1.165) is 20.3 Å². The Morgan fingerprint density at radius 2 is 1.66 bits per heavy atom.